The van der Waals surface area contributed by atoms with Gasteiger partial charge in [0.15, 0.2) is 0 Å². The van der Waals surface area contributed by atoms with Gasteiger partial charge < -0.3 is 9.80 Å². The second-order valence-corrected chi connectivity index (χ2v) is 6.32. The van der Waals surface area contributed by atoms with Crippen molar-refractivity contribution in [3.8, 4) is 0 Å². The molecular formula is C19H26N4O4. The van der Waals surface area contributed by atoms with Crippen molar-refractivity contribution in [2.45, 2.75) is 13.8 Å². The highest BCUT2D eigenvalue weighted by Gasteiger charge is 2.22. The minimum atomic E-state index is -0.462. The van der Waals surface area contributed by atoms with Crippen molar-refractivity contribution in [3.63, 3.8) is 0 Å². The van der Waals surface area contributed by atoms with Gasteiger partial charge in [0.1, 0.15) is 0 Å². The Morgan fingerprint density at radius 2 is 1.78 bits per heavy atom. The number of likely N-dealkylation sites (N-methyl/N-ethyl adjacent to an activating group) is 1. The molecule has 8 nitrogen and oxygen atoms in total. The zero-order chi connectivity index (χ0) is 19.8. The quantitative estimate of drug-likeness (QED) is 0.411. The largest absolute Gasteiger partial charge is 0.342 e. The molecule has 1 saturated heterocycles. The van der Waals surface area contributed by atoms with Gasteiger partial charge >= 0.3 is 0 Å². The molecule has 1 aromatic carbocycles. The molecule has 0 radical (unpaired) electrons. The summed E-state index contributed by atoms with van der Waals surface area (Å²) in [5.74, 6) is -0.0704. The summed E-state index contributed by atoms with van der Waals surface area (Å²) in [4.78, 5) is 40.6. The molecule has 8 heteroatoms. The van der Waals surface area contributed by atoms with E-state index in [1.165, 1.54) is 18.2 Å². The van der Waals surface area contributed by atoms with E-state index < -0.39 is 4.92 Å². The van der Waals surface area contributed by atoms with Crippen LogP contribution in [0.2, 0.25) is 0 Å². The van der Waals surface area contributed by atoms with Crippen LogP contribution in [0.1, 0.15) is 19.4 Å². The molecule has 1 aromatic rings. The van der Waals surface area contributed by atoms with Gasteiger partial charge in [-0.05, 0) is 26.0 Å². The number of benzene rings is 1. The highest BCUT2D eigenvalue weighted by Crippen LogP contribution is 2.19. The number of amides is 2. The molecule has 1 heterocycles. The smallest absolute Gasteiger partial charge is 0.276 e. The molecular weight excluding hydrogens is 348 g/mol. The summed E-state index contributed by atoms with van der Waals surface area (Å²) in [5.41, 5.74) is 0.376. The Kier molecular flexibility index (Phi) is 7.48. The van der Waals surface area contributed by atoms with Crippen LogP contribution in [0.25, 0.3) is 6.08 Å². The van der Waals surface area contributed by atoms with Gasteiger partial charge in [0.25, 0.3) is 5.69 Å². The lowest BCUT2D eigenvalue weighted by atomic mass is 10.1. The van der Waals surface area contributed by atoms with E-state index in [1.54, 1.807) is 28.0 Å². The van der Waals surface area contributed by atoms with E-state index in [9.17, 15) is 19.7 Å². The molecule has 2 rings (SSSR count). The highest BCUT2D eigenvalue weighted by atomic mass is 16.6. The SMILES string of the molecule is CCN(CC)C(=O)CN1CCN(C(=O)/C=C/c2ccccc2[N+](=O)[O-])CC1. The monoisotopic (exact) mass is 374 g/mol. The van der Waals surface area contributed by atoms with Crippen LogP contribution in [0.4, 0.5) is 5.69 Å². The number of hydrogen-bond acceptors (Lipinski definition) is 5. The number of nitrogens with zero attached hydrogens (tertiary/aromatic N) is 4. The lowest BCUT2D eigenvalue weighted by Gasteiger charge is -2.34. The van der Waals surface area contributed by atoms with Gasteiger partial charge in [-0.1, -0.05) is 12.1 Å². The Bertz CT molecular complexity index is 707. The average Bonchev–Trinajstić information content (AvgIpc) is 2.67. The fourth-order valence-corrected chi connectivity index (χ4v) is 3.06. The molecule has 0 atom stereocenters. The van der Waals surface area contributed by atoms with Gasteiger partial charge in [-0.25, -0.2) is 0 Å². The lowest BCUT2D eigenvalue weighted by Crippen LogP contribution is -2.51. The van der Waals surface area contributed by atoms with Crippen LogP contribution in [-0.4, -0.2) is 77.3 Å². The van der Waals surface area contributed by atoms with Gasteiger partial charge in [0, 0.05) is 51.4 Å². The highest BCUT2D eigenvalue weighted by molar-refractivity contribution is 5.92. The third kappa shape index (κ3) is 5.62. The summed E-state index contributed by atoms with van der Waals surface area (Å²) < 4.78 is 0. The molecule has 0 aromatic heterocycles. The van der Waals surface area contributed by atoms with E-state index in [-0.39, 0.29) is 17.5 Å². The van der Waals surface area contributed by atoms with E-state index in [0.29, 0.717) is 51.4 Å². The van der Waals surface area contributed by atoms with Crippen molar-refractivity contribution in [1.29, 1.82) is 0 Å². The molecule has 2 amide bonds. The standard InChI is InChI=1S/C19H26N4O4/c1-3-21(4-2)19(25)15-20-11-13-22(14-12-20)18(24)10-9-16-7-5-6-8-17(16)23(26)27/h5-10H,3-4,11-15H2,1-2H3/b10-9+. The van der Waals surface area contributed by atoms with Crippen LogP contribution in [0.15, 0.2) is 30.3 Å². The van der Waals surface area contributed by atoms with Crippen LogP contribution in [0.5, 0.6) is 0 Å². The lowest BCUT2D eigenvalue weighted by molar-refractivity contribution is -0.385. The molecule has 0 aliphatic carbocycles. The van der Waals surface area contributed by atoms with Gasteiger partial charge in [0.05, 0.1) is 17.0 Å². The third-order valence-corrected chi connectivity index (χ3v) is 4.70. The maximum absolute atomic E-state index is 12.4. The fraction of sp³-hybridized carbons (Fsp3) is 0.474. The van der Waals surface area contributed by atoms with E-state index in [0.717, 1.165) is 0 Å². The van der Waals surface area contributed by atoms with E-state index >= 15 is 0 Å². The summed E-state index contributed by atoms with van der Waals surface area (Å²) in [6.45, 7) is 8.03. The number of carbonyl (C=O) groups excluding carboxylic acids is 2. The summed E-state index contributed by atoms with van der Waals surface area (Å²) >= 11 is 0. The maximum atomic E-state index is 12.4. The number of rotatable bonds is 7. The molecule has 0 bridgehead atoms. The van der Waals surface area contributed by atoms with Crippen LogP contribution in [0.3, 0.4) is 0 Å². The first-order chi connectivity index (χ1) is 13.0. The van der Waals surface area contributed by atoms with Crippen LogP contribution in [0, 0.1) is 10.1 Å². The summed E-state index contributed by atoms with van der Waals surface area (Å²) in [7, 11) is 0. The zero-order valence-corrected chi connectivity index (χ0v) is 15.8. The van der Waals surface area contributed by atoms with Crippen molar-refractivity contribution in [2.24, 2.45) is 0 Å². The van der Waals surface area contributed by atoms with Crippen molar-refractivity contribution in [1.82, 2.24) is 14.7 Å². The predicted molar refractivity (Wildman–Crippen MR) is 103 cm³/mol. The van der Waals surface area contributed by atoms with Crippen LogP contribution in [-0.2, 0) is 9.59 Å². The average molecular weight is 374 g/mol. The second-order valence-electron chi connectivity index (χ2n) is 6.32. The number of nitro groups is 1. The van der Waals surface area contributed by atoms with Crippen molar-refractivity contribution >= 4 is 23.6 Å². The molecule has 1 aliphatic heterocycles. The Hall–Kier alpha value is -2.74. The van der Waals surface area contributed by atoms with Gasteiger partial charge in [-0.2, -0.15) is 0 Å². The first-order valence-electron chi connectivity index (χ1n) is 9.16. The Balaban J connectivity index is 1.88. The molecule has 1 aliphatic rings. The van der Waals surface area contributed by atoms with E-state index in [4.69, 9.17) is 0 Å². The summed E-state index contributed by atoms with van der Waals surface area (Å²) in [6.07, 6.45) is 2.86. The zero-order valence-electron chi connectivity index (χ0n) is 15.8. The molecule has 0 N–H and O–H groups in total. The first kappa shape index (κ1) is 20.6. The third-order valence-electron chi connectivity index (χ3n) is 4.70. The minimum Gasteiger partial charge on any atom is -0.342 e. The molecule has 27 heavy (non-hydrogen) atoms. The Morgan fingerprint density at radius 1 is 1.15 bits per heavy atom. The normalized spacial score (nSPS) is 15.1. The van der Waals surface area contributed by atoms with Crippen molar-refractivity contribution in [2.75, 3.05) is 45.8 Å². The predicted octanol–water partition coefficient (Wildman–Crippen LogP) is 1.62. The van der Waals surface area contributed by atoms with Gasteiger partial charge in [-0.15, -0.1) is 0 Å². The molecule has 146 valence electrons. The van der Waals surface area contributed by atoms with Crippen LogP contribution < -0.4 is 0 Å². The number of para-hydroxylation sites is 1. The summed E-state index contributed by atoms with van der Waals surface area (Å²) in [6, 6.07) is 6.31. The number of carbonyl (C=O) groups is 2. The molecule has 0 saturated carbocycles. The van der Waals surface area contributed by atoms with E-state index in [1.807, 2.05) is 13.8 Å². The topological polar surface area (TPSA) is 87.0 Å². The second kappa shape index (κ2) is 9.82. The Labute approximate surface area is 159 Å². The number of piperazine rings is 1. The minimum absolute atomic E-state index is 0.0266. The van der Waals surface area contributed by atoms with Crippen molar-refractivity contribution < 1.29 is 14.5 Å². The first-order valence-corrected chi connectivity index (χ1v) is 9.16. The van der Waals surface area contributed by atoms with Gasteiger partial charge in [0.2, 0.25) is 11.8 Å². The number of hydrogen-bond donors (Lipinski definition) is 0. The van der Waals surface area contributed by atoms with Crippen LogP contribution >= 0.6 is 0 Å². The fourth-order valence-electron chi connectivity index (χ4n) is 3.06. The summed E-state index contributed by atoms with van der Waals surface area (Å²) in [5, 5.41) is 11.0. The molecule has 0 unspecified atom stereocenters. The van der Waals surface area contributed by atoms with E-state index in [2.05, 4.69) is 4.90 Å². The van der Waals surface area contributed by atoms with Crippen molar-refractivity contribution in [3.05, 3.63) is 46.0 Å². The molecule has 1 fully saturated rings. The van der Waals surface area contributed by atoms with Gasteiger partial charge in [-0.3, -0.25) is 24.6 Å². The molecule has 0 spiro atoms. The Morgan fingerprint density at radius 3 is 2.37 bits per heavy atom. The maximum Gasteiger partial charge on any atom is 0.276 e. The number of nitro benzene ring substituents is 1.